The number of ether oxygens (including phenoxy) is 2. The molecule has 0 amide bonds. The standard InChI is InChI=1S/C17H14ClFN4O3/c1-25-15-7-2-11(8-14(15)19)10-26-16(24)9-23-21-17(20-22-23)12-3-5-13(18)6-4-12/h2-8H,9-10H2,1H3. The monoisotopic (exact) mass is 376 g/mol. The van der Waals surface area contributed by atoms with Gasteiger partial charge in [0.05, 0.1) is 7.11 Å². The van der Waals surface area contributed by atoms with Gasteiger partial charge in [0.15, 0.2) is 18.1 Å². The highest BCUT2D eigenvalue weighted by molar-refractivity contribution is 6.30. The van der Waals surface area contributed by atoms with E-state index < -0.39 is 11.8 Å². The minimum atomic E-state index is -0.568. The molecule has 1 heterocycles. The summed E-state index contributed by atoms with van der Waals surface area (Å²) in [5.41, 5.74) is 1.23. The van der Waals surface area contributed by atoms with E-state index in [1.54, 1.807) is 30.3 Å². The number of tetrazole rings is 1. The Labute approximate surface area is 153 Å². The second kappa shape index (κ2) is 7.92. The molecule has 0 aliphatic heterocycles. The van der Waals surface area contributed by atoms with Gasteiger partial charge >= 0.3 is 5.97 Å². The van der Waals surface area contributed by atoms with Gasteiger partial charge in [0.2, 0.25) is 5.82 Å². The first-order chi connectivity index (χ1) is 12.5. The van der Waals surface area contributed by atoms with Crippen molar-refractivity contribution < 1.29 is 18.7 Å². The number of nitrogens with zero attached hydrogens (tertiary/aromatic N) is 4. The van der Waals surface area contributed by atoms with E-state index >= 15 is 0 Å². The van der Waals surface area contributed by atoms with Gasteiger partial charge in [-0.25, -0.2) is 9.18 Å². The fourth-order valence-electron chi connectivity index (χ4n) is 2.15. The molecule has 0 aliphatic carbocycles. The molecule has 2 aromatic carbocycles. The average Bonchev–Trinajstić information content (AvgIpc) is 3.09. The van der Waals surface area contributed by atoms with Crippen LogP contribution in [0, 0.1) is 5.82 Å². The number of methoxy groups -OCH3 is 1. The molecule has 3 rings (SSSR count). The first kappa shape index (κ1) is 17.8. The summed E-state index contributed by atoms with van der Waals surface area (Å²) in [6.45, 7) is -0.280. The number of aromatic nitrogens is 4. The summed E-state index contributed by atoms with van der Waals surface area (Å²) in [5.74, 6) is -0.596. The zero-order valence-corrected chi connectivity index (χ0v) is 14.5. The molecule has 0 N–H and O–H groups in total. The molecule has 0 radical (unpaired) electrons. The number of carbonyl (C=O) groups excluding carboxylic acids is 1. The third kappa shape index (κ3) is 4.34. The molecule has 0 aliphatic rings. The molecule has 9 heteroatoms. The first-order valence-electron chi connectivity index (χ1n) is 7.57. The Morgan fingerprint density at radius 3 is 2.69 bits per heavy atom. The first-order valence-corrected chi connectivity index (χ1v) is 7.95. The lowest BCUT2D eigenvalue weighted by atomic mass is 10.2. The lowest BCUT2D eigenvalue weighted by molar-refractivity contribution is -0.146. The summed E-state index contributed by atoms with van der Waals surface area (Å²) in [5, 5.41) is 12.4. The highest BCUT2D eigenvalue weighted by Crippen LogP contribution is 2.18. The van der Waals surface area contributed by atoms with Crippen LogP contribution in [-0.2, 0) is 22.7 Å². The van der Waals surface area contributed by atoms with Crippen LogP contribution in [0.15, 0.2) is 42.5 Å². The van der Waals surface area contributed by atoms with Crippen molar-refractivity contribution in [3.63, 3.8) is 0 Å². The number of carbonyl (C=O) groups is 1. The Morgan fingerprint density at radius 1 is 1.23 bits per heavy atom. The molecule has 1 aromatic heterocycles. The largest absolute Gasteiger partial charge is 0.494 e. The number of hydrogen-bond acceptors (Lipinski definition) is 6. The molecular formula is C17H14ClFN4O3. The summed E-state index contributed by atoms with van der Waals surface area (Å²) in [6.07, 6.45) is 0. The van der Waals surface area contributed by atoms with E-state index in [1.807, 2.05) is 0 Å². The number of halogens is 2. The maximum atomic E-state index is 13.6. The molecule has 3 aromatic rings. The third-order valence-corrected chi connectivity index (χ3v) is 3.69. The summed E-state index contributed by atoms with van der Waals surface area (Å²) >= 11 is 5.83. The molecule has 0 atom stereocenters. The van der Waals surface area contributed by atoms with Crippen LogP contribution in [-0.4, -0.2) is 33.3 Å². The molecule has 0 spiro atoms. The van der Waals surface area contributed by atoms with Crippen LogP contribution in [0.4, 0.5) is 4.39 Å². The van der Waals surface area contributed by atoms with E-state index in [1.165, 1.54) is 19.2 Å². The van der Waals surface area contributed by atoms with Crippen molar-refractivity contribution in [1.82, 2.24) is 20.2 Å². The second-order valence-corrected chi connectivity index (χ2v) is 5.72. The molecule has 0 fully saturated rings. The Morgan fingerprint density at radius 2 is 2.00 bits per heavy atom. The fraction of sp³-hybridized carbons (Fsp3) is 0.176. The van der Waals surface area contributed by atoms with Crippen molar-refractivity contribution >= 4 is 17.6 Å². The van der Waals surface area contributed by atoms with Crippen molar-refractivity contribution in [3.05, 3.63) is 58.9 Å². The van der Waals surface area contributed by atoms with Gasteiger partial charge in [0, 0.05) is 10.6 Å². The van der Waals surface area contributed by atoms with Crippen molar-refractivity contribution in [2.45, 2.75) is 13.2 Å². The van der Waals surface area contributed by atoms with Gasteiger partial charge in [-0.2, -0.15) is 4.80 Å². The smallest absolute Gasteiger partial charge is 0.330 e. The van der Waals surface area contributed by atoms with Crippen molar-refractivity contribution in [2.24, 2.45) is 0 Å². The van der Waals surface area contributed by atoms with Gasteiger partial charge in [-0.3, -0.25) is 0 Å². The van der Waals surface area contributed by atoms with Gasteiger partial charge in [-0.05, 0) is 47.2 Å². The van der Waals surface area contributed by atoms with Crippen LogP contribution in [0.2, 0.25) is 5.02 Å². The Bertz CT molecular complexity index is 915. The van der Waals surface area contributed by atoms with Gasteiger partial charge in [-0.1, -0.05) is 17.7 Å². The van der Waals surface area contributed by atoms with Gasteiger partial charge in [0.25, 0.3) is 0 Å². The molecule has 0 saturated heterocycles. The molecule has 26 heavy (non-hydrogen) atoms. The Hall–Kier alpha value is -3.00. The topological polar surface area (TPSA) is 79.1 Å². The maximum absolute atomic E-state index is 13.6. The van der Waals surface area contributed by atoms with Crippen LogP contribution in [0.25, 0.3) is 11.4 Å². The summed E-state index contributed by atoms with van der Waals surface area (Å²) in [4.78, 5) is 13.0. The van der Waals surface area contributed by atoms with Crippen LogP contribution in [0.3, 0.4) is 0 Å². The van der Waals surface area contributed by atoms with Crippen LogP contribution < -0.4 is 4.74 Å². The minimum Gasteiger partial charge on any atom is -0.494 e. The predicted molar refractivity (Wildman–Crippen MR) is 91.0 cm³/mol. The predicted octanol–water partition coefficient (Wildman–Crippen LogP) is 2.88. The summed E-state index contributed by atoms with van der Waals surface area (Å²) in [6, 6.07) is 11.2. The van der Waals surface area contributed by atoms with Gasteiger partial charge < -0.3 is 9.47 Å². The Balaban J connectivity index is 1.57. The molecule has 7 nitrogen and oxygen atoms in total. The lowest BCUT2D eigenvalue weighted by Crippen LogP contribution is -2.15. The number of rotatable bonds is 6. The molecular weight excluding hydrogens is 363 g/mol. The zero-order valence-electron chi connectivity index (χ0n) is 13.7. The third-order valence-electron chi connectivity index (χ3n) is 3.44. The maximum Gasteiger partial charge on any atom is 0.330 e. The van der Waals surface area contributed by atoms with Crippen LogP contribution in [0.5, 0.6) is 5.75 Å². The van der Waals surface area contributed by atoms with Gasteiger partial charge in [0.1, 0.15) is 6.61 Å². The van der Waals surface area contributed by atoms with Crippen LogP contribution in [0.1, 0.15) is 5.56 Å². The quantitative estimate of drug-likeness (QED) is 0.615. The normalized spacial score (nSPS) is 10.6. The summed E-state index contributed by atoms with van der Waals surface area (Å²) in [7, 11) is 1.38. The second-order valence-electron chi connectivity index (χ2n) is 5.28. The molecule has 0 saturated carbocycles. The Kier molecular flexibility index (Phi) is 5.43. The van der Waals surface area contributed by atoms with Crippen molar-refractivity contribution in [1.29, 1.82) is 0 Å². The molecule has 0 unspecified atom stereocenters. The average molecular weight is 377 g/mol. The molecule has 0 bridgehead atoms. The minimum absolute atomic E-state index is 0.0709. The van der Waals surface area contributed by atoms with Crippen LogP contribution >= 0.6 is 11.6 Å². The van der Waals surface area contributed by atoms with Crippen molar-refractivity contribution in [2.75, 3.05) is 7.11 Å². The van der Waals surface area contributed by atoms with E-state index in [-0.39, 0.29) is 18.9 Å². The zero-order chi connectivity index (χ0) is 18.5. The van der Waals surface area contributed by atoms with Crippen molar-refractivity contribution in [3.8, 4) is 17.1 Å². The summed E-state index contributed by atoms with van der Waals surface area (Å²) < 4.78 is 23.5. The van der Waals surface area contributed by atoms with Gasteiger partial charge in [-0.15, -0.1) is 10.2 Å². The van der Waals surface area contributed by atoms with E-state index in [0.717, 1.165) is 10.4 Å². The fourth-order valence-corrected chi connectivity index (χ4v) is 2.28. The van der Waals surface area contributed by atoms with E-state index in [0.29, 0.717) is 16.4 Å². The number of esters is 1. The highest BCUT2D eigenvalue weighted by Gasteiger charge is 2.11. The number of hydrogen-bond donors (Lipinski definition) is 0. The number of benzene rings is 2. The SMILES string of the molecule is COc1ccc(COC(=O)Cn2nnc(-c3ccc(Cl)cc3)n2)cc1F. The lowest BCUT2D eigenvalue weighted by Gasteiger charge is -2.06. The van der Waals surface area contributed by atoms with E-state index in [2.05, 4.69) is 15.4 Å². The van der Waals surface area contributed by atoms with E-state index in [4.69, 9.17) is 21.1 Å². The molecule has 134 valence electrons. The highest BCUT2D eigenvalue weighted by atomic mass is 35.5. The van der Waals surface area contributed by atoms with E-state index in [9.17, 15) is 9.18 Å².